The minimum absolute atomic E-state index is 0.0206. The highest BCUT2D eigenvalue weighted by molar-refractivity contribution is 5.76. The maximum Gasteiger partial charge on any atom is 0.221 e. The zero-order valence-corrected chi connectivity index (χ0v) is 18.4. The third-order valence-corrected chi connectivity index (χ3v) is 6.18. The summed E-state index contributed by atoms with van der Waals surface area (Å²) in [4.78, 5) is 16.4. The van der Waals surface area contributed by atoms with E-state index in [-0.39, 0.29) is 11.8 Å². The van der Waals surface area contributed by atoms with Gasteiger partial charge in [0.25, 0.3) is 0 Å². The number of likely N-dealkylation sites (tertiary alicyclic amines) is 1. The number of hydrogen-bond donors (Lipinski definition) is 1. The molecule has 1 atom stereocenters. The van der Waals surface area contributed by atoms with E-state index in [1.807, 2.05) is 6.07 Å². The molecule has 5 heteroatoms. The van der Waals surface area contributed by atoms with Crippen molar-refractivity contribution in [1.29, 1.82) is 0 Å². The second-order valence-corrected chi connectivity index (χ2v) is 8.88. The van der Waals surface area contributed by atoms with Crippen LogP contribution in [0, 0.1) is 5.92 Å². The number of hydrogen-bond acceptors (Lipinski definition) is 4. The van der Waals surface area contributed by atoms with Crippen molar-refractivity contribution in [2.45, 2.75) is 32.9 Å². The van der Waals surface area contributed by atoms with E-state index in [4.69, 9.17) is 10.5 Å². The molecule has 2 aromatic carbocycles. The summed E-state index contributed by atoms with van der Waals surface area (Å²) in [6.45, 7) is 8.26. The van der Waals surface area contributed by atoms with Gasteiger partial charge in [-0.3, -0.25) is 14.6 Å². The first-order chi connectivity index (χ1) is 15.1. The van der Waals surface area contributed by atoms with E-state index in [0.29, 0.717) is 6.61 Å². The summed E-state index contributed by atoms with van der Waals surface area (Å²) in [6, 6.07) is 17.0. The Labute approximate surface area is 185 Å². The van der Waals surface area contributed by atoms with Crippen LogP contribution in [0.1, 0.15) is 36.5 Å². The van der Waals surface area contributed by atoms with Crippen molar-refractivity contribution in [1.82, 2.24) is 9.80 Å². The molecule has 31 heavy (non-hydrogen) atoms. The second-order valence-electron chi connectivity index (χ2n) is 8.88. The minimum atomic E-state index is -0.172. The quantitative estimate of drug-likeness (QED) is 0.776. The molecule has 164 valence electrons. The Balaban J connectivity index is 1.42. The molecule has 0 saturated carbocycles. The Bertz CT molecular complexity index is 926. The lowest BCUT2D eigenvalue weighted by molar-refractivity contribution is -0.123. The Morgan fingerprint density at radius 2 is 2.00 bits per heavy atom. The molecular weight excluding hydrogens is 386 g/mol. The van der Waals surface area contributed by atoms with Crippen molar-refractivity contribution < 1.29 is 9.53 Å². The van der Waals surface area contributed by atoms with Crippen LogP contribution in [0.4, 0.5) is 0 Å². The zero-order chi connectivity index (χ0) is 21.6. The van der Waals surface area contributed by atoms with E-state index in [0.717, 1.165) is 57.9 Å². The lowest BCUT2D eigenvalue weighted by Gasteiger charge is -2.31. The normalized spacial score (nSPS) is 20.5. The molecule has 0 aliphatic carbocycles. The van der Waals surface area contributed by atoms with Gasteiger partial charge in [0, 0.05) is 38.3 Å². The number of piperidine rings is 1. The van der Waals surface area contributed by atoms with Crippen molar-refractivity contribution >= 4 is 12.0 Å². The summed E-state index contributed by atoms with van der Waals surface area (Å²) < 4.78 is 6.04. The molecule has 0 spiro atoms. The van der Waals surface area contributed by atoms with Crippen LogP contribution < -0.4 is 10.5 Å². The van der Waals surface area contributed by atoms with Crippen LogP contribution in [0.3, 0.4) is 0 Å². The fourth-order valence-corrected chi connectivity index (χ4v) is 4.66. The highest BCUT2D eigenvalue weighted by Crippen LogP contribution is 2.26. The minimum Gasteiger partial charge on any atom is -0.492 e. The summed E-state index contributed by atoms with van der Waals surface area (Å²) in [5.74, 6) is 0.798. The van der Waals surface area contributed by atoms with Crippen LogP contribution in [0.15, 0.2) is 54.1 Å². The molecular formula is C26H33N3O2. The van der Waals surface area contributed by atoms with E-state index in [1.54, 1.807) is 0 Å². The van der Waals surface area contributed by atoms with Crippen LogP contribution >= 0.6 is 0 Å². The van der Waals surface area contributed by atoms with E-state index in [1.165, 1.54) is 22.3 Å². The summed E-state index contributed by atoms with van der Waals surface area (Å²) in [5, 5.41) is 0. The number of carbonyl (C=O) groups excluding carboxylic acids is 1. The predicted molar refractivity (Wildman–Crippen MR) is 125 cm³/mol. The van der Waals surface area contributed by atoms with Gasteiger partial charge in [-0.15, -0.1) is 0 Å². The number of nitrogens with zero attached hydrogens (tertiary/aromatic N) is 2. The van der Waals surface area contributed by atoms with Gasteiger partial charge in [0.2, 0.25) is 5.91 Å². The van der Waals surface area contributed by atoms with Crippen LogP contribution in [0.2, 0.25) is 0 Å². The molecule has 1 saturated heterocycles. The smallest absolute Gasteiger partial charge is 0.221 e. The van der Waals surface area contributed by atoms with Gasteiger partial charge in [-0.05, 0) is 49.6 Å². The van der Waals surface area contributed by atoms with Gasteiger partial charge in [-0.1, -0.05) is 48.0 Å². The number of fused-ring (bicyclic) bond motifs is 1. The van der Waals surface area contributed by atoms with Gasteiger partial charge < -0.3 is 10.5 Å². The number of nitrogens with two attached hydrogens (primary N) is 1. The van der Waals surface area contributed by atoms with Gasteiger partial charge in [0.15, 0.2) is 0 Å². The average Bonchev–Trinajstić information content (AvgIpc) is 2.95. The highest BCUT2D eigenvalue weighted by atomic mass is 16.5. The predicted octanol–water partition coefficient (Wildman–Crippen LogP) is 3.68. The highest BCUT2D eigenvalue weighted by Gasteiger charge is 2.24. The second kappa shape index (κ2) is 10.1. The standard InChI is InChI=1S/C26H33N3O2/c1-20(14-21-6-3-2-4-7-21)16-29-12-13-31-25-10-9-22(15-24(25)19-29)17-28-11-5-8-23(18-28)26(27)30/h2-4,6-7,9-10,14-15,23H,5,8,11-13,16-19H2,1H3,(H2,27,30)/b20-14+. The molecule has 2 aromatic rings. The molecule has 1 amide bonds. The lowest BCUT2D eigenvalue weighted by atomic mass is 9.97. The molecule has 0 aromatic heterocycles. The van der Waals surface area contributed by atoms with Gasteiger partial charge in [0.1, 0.15) is 12.4 Å². The van der Waals surface area contributed by atoms with Crippen molar-refractivity contribution in [3.8, 4) is 5.75 Å². The molecule has 1 fully saturated rings. The maximum atomic E-state index is 11.6. The van der Waals surface area contributed by atoms with Gasteiger partial charge >= 0.3 is 0 Å². The number of carbonyl (C=O) groups is 1. The van der Waals surface area contributed by atoms with Crippen LogP contribution in [0.5, 0.6) is 5.75 Å². The Hall–Kier alpha value is -2.63. The largest absolute Gasteiger partial charge is 0.492 e. The molecule has 2 N–H and O–H groups in total. The average molecular weight is 420 g/mol. The summed E-state index contributed by atoms with van der Waals surface area (Å²) >= 11 is 0. The first-order valence-electron chi connectivity index (χ1n) is 11.3. The van der Waals surface area contributed by atoms with Gasteiger partial charge in [0.05, 0.1) is 5.92 Å². The fourth-order valence-electron chi connectivity index (χ4n) is 4.66. The fraction of sp³-hybridized carbons (Fsp3) is 0.423. The monoisotopic (exact) mass is 419 g/mol. The van der Waals surface area contributed by atoms with Gasteiger partial charge in [-0.2, -0.15) is 0 Å². The zero-order valence-electron chi connectivity index (χ0n) is 18.4. The molecule has 4 rings (SSSR count). The number of benzene rings is 2. The lowest BCUT2D eigenvalue weighted by Crippen LogP contribution is -2.40. The first kappa shape index (κ1) is 21.6. The first-order valence-corrected chi connectivity index (χ1v) is 11.3. The van der Waals surface area contributed by atoms with E-state index < -0.39 is 0 Å². The van der Waals surface area contributed by atoms with Gasteiger partial charge in [-0.25, -0.2) is 0 Å². The molecule has 5 nitrogen and oxygen atoms in total. The third-order valence-electron chi connectivity index (χ3n) is 6.18. The van der Waals surface area contributed by atoms with Crippen LogP contribution in [-0.4, -0.2) is 48.5 Å². The van der Waals surface area contributed by atoms with E-state index in [9.17, 15) is 4.79 Å². The third kappa shape index (κ3) is 5.96. The number of ether oxygens (including phenoxy) is 1. The van der Waals surface area contributed by atoms with Crippen LogP contribution in [-0.2, 0) is 17.9 Å². The van der Waals surface area contributed by atoms with E-state index >= 15 is 0 Å². The number of primary amides is 1. The topological polar surface area (TPSA) is 58.8 Å². The number of rotatable bonds is 6. The Kier molecular flexibility index (Phi) is 7.05. The maximum absolute atomic E-state index is 11.6. The van der Waals surface area contributed by atoms with Crippen molar-refractivity contribution in [3.63, 3.8) is 0 Å². The Morgan fingerprint density at radius 1 is 1.16 bits per heavy atom. The Morgan fingerprint density at radius 3 is 2.81 bits per heavy atom. The van der Waals surface area contributed by atoms with Crippen molar-refractivity contribution in [3.05, 3.63) is 70.8 Å². The van der Waals surface area contributed by atoms with Crippen LogP contribution in [0.25, 0.3) is 6.08 Å². The molecule has 2 aliphatic heterocycles. The molecule has 0 bridgehead atoms. The summed E-state index contributed by atoms with van der Waals surface area (Å²) in [6.07, 6.45) is 4.20. The SMILES string of the molecule is C/C(=C\c1ccccc1)CN1CCOc2ccc(CN3CCCC(C(N)=O)C3)cc2C1. The molecule has 2 heterocycles. The summed E-state index contributed by atoms with van der Waals surface area (Å²) in [7, 11) is 0. The molecule has 0 radical (unpaired) electrons. The summed E-state index contributed by atoms with van der Waals surface area (Å²) in [5.41, 5.74) is 10.6. The van der Waals surface area contributed by atoms with Crippen molar-refractivity contribution in [2.75, 3.05) is 32.8 Å². The van der Waals surface area contributed by atoms with E-state index in [2.05, 4.69) is 65.3 Å². The van der Waals surface area contributed by atoms with Crippen molar-refractivity contribution in [2.24, 2.45) is 11.7 Å². The number of amides is 1. The molecule has 2 aliphatic rings. The molecule has 1 unspecified atom stereocenters.